The normalized spacial score (nSPS) is 7.33. The quantitative estimate of drug-likeness (QED) is 0.483. The predicted molar refractivity (Wildman–Crippen MR) is 37.6 cm³/mol. The van der Waals surface area contributed by atoms with Crippen molar-refractivity contribution < 1.29 is 14.3 Å². The van der Waals surface area contributed by atoms with E-state index >= 15 is 0 Å². The first-order valence-electron chi connectivity index (χ1n) is 2.36. The van der Waals surface area contributed by atoms with Crippen molar-refractivity contribution in [3.63, 3.8) is 0 Å². The van der Waals surface area contributed by atoms with Gasteiger partial charge in [0.15, 0.2) is 0 Å². The highest BCUT2D eigenvalue weighted by molar-refractivity contribution is 8.93. The van der Waals surface area contributed by atoms with E-state index in [1.165, 1.54) is 6.92 Å². The molecule has 0 heterocycles. The van der Waals surface area contributed by atoms with Gasteiger partial charge in [0.25, 0.3) is 0 Å². The number of carbonyl (C=O) groups is 2. The molecule has 0 amide bonds. The van der Waals surface area contributed by atoms with Gasteiger partial charge in [-0.3, -0.25) is 4.79 Å². The van der Waals surface area contributed by atoms with Gasteiger partial charge < -0.3 is 4.74 Å². The summed E-state index contributed by atoms with van der Waals surface area (Å²) >= 11 is 0. The van der Waals surface area contributed by atoms with Gasteiger partial charge in [0.05, 0.1) is 6.61 Å². The number of rotatable bonds is 2. The van der Waals surface area contributed by atoms with Crippen LogP contribution in [0.25, 0.3) is 0 Å². The lowest BCUT2D eigenvalue weighted by molar-refractivity contribution is -0.152. The van der Waals surface area contributed by atoms with Crippen LogP contribution in [-0.2, 0) is 14.3 Å². The topological polar surface area (TPSA) is 43.4 Å². The Balaban J connectivity index is 0. The molecule has 0 aromatic heterocycles. The molecule has 0 aromatic carbocycles. The molecule has 0 bridgehead atoms. The van der Waals surface area contributed by atoms with E-state index in [0.29, 0.717) is 0 Å². The van der Waals surface area contributed by atoms with Gasteiger partial charge in [-0.2, -0.15) is 0 Å². The van der Waals surface area contributed by atoms with Gasteiger partial charge in [0, 0.05) is 6.92 Å². The van der Waals surface area contributed by atoms with Gasteiger partial charge in [0.2, 0.25) is 5.78 Å². The molecule has 0 saturated heterocycles. The van der Waals surface area contributed by atoms with Crippen LogP contribution >= 0.6 is 17.0 Å². The highest BCUT2D eigenvalue weighted by Gasteiger charge is 2.05. The molecule has 54 valence electrons. The monoisotopic (exact) mass is 196 g/mol. The molecule has 4 heteroatoms. The maximum atomic E-state index is 10.2. The molecule has 0 rings (SSSR count). The molecule has 0 aliphatic heterocycles. The van der Waals surface area contributed by atoms with Crippen molar-refractivity contribution in [2.45, 2.75) is 13.8 Å². The number of esters is 1. The molecule has 0 radical (unpaired) electrons. The Hall–Kier alpha value is -0.380. The van der Waals surface area contributed by atoms with Crippen LogP contribution in [0.5, 0.6) is 0 Å². The van der Waals surface area contributed by atoms with Crippen molar-refractivity contribution in [2.24, 2.45) is 0 Å². The summed E-state index contributed by atoms with van der Waals surface area (Å²) in [6.07, 6.45) is 0. The summed E-state index contributed by atoms with van der Waals surface area (Å²) in [5.74, 6) is -1.31. The van der Waals surface area contributed by atoms with Crippen LogP contribution < -0.4 is 0 Å². The van der Waals surface area contributed by atoms with Crippen LogP contribution in [-0.4, -0.2) is 18.4 Å². The minimum absolute atomic E-state index is 0. The fourth-order valence-corrected chi connectivity index (χ4v) is 0.233. The standard InChI is InChI=1S/C5H8O3.BrH/c1-3-8-5(7)4(2)6;/h3H2,1-2H3;1H. The maximum Gasteiger partial charge on any atom is 0.374 e. The van der Waals surface area contributed by atoms with Crippen LogP contribution in [0.1, 0.15) is 13.8 Å². The summed E-state index contributed by atoms with van der Waals surface area (Å²) in [4.78, 5) is 20.2. The Morgan fingerprint density at radius 3 is 2.00 bits per heavy atom. The van der Waals surface area contributed by atoms with Crippen LogP contribution in [0, 0.1) is 0 Å². The molecule has 0 atom stereocenters. The van der Waals surface area contributed by atoms with Crippen LogP contribution in [0.4, 0.5) is 0 Å². The van der Waals surface area contributed by atoms with Gasteiger partial charge >= 0.3 is 5.97 Å². The molecule has 0 unspecified atom stereocenters. The first kappa shape index (κ1) is 11.4. The van der Waals surface area contributed by atoms with Crippen LogP contribution in [0.15, 0.2) is 0 Å². The zero-order valence-electron chi connectivity index (χ0n) is 5.34. The van der Waals surface area contributed by atoms with Crippen LogP contribution in [0.2, 0.25) is 0 Å². The number of ketones is 1. The molecular weight excluding hydrogens is 188 g/mol. The first-order valence-corrected chi connectivity index (χ1v) is 2.36. The summed E-state index contributed by atoms with van der Waals surface area (Å²) < 4.78 is 4.31. The van der Waals surface area contributed by atoms with E-state index in [9.17, 15) is 9.59 Å². The highest BCUT2D eigenvalue weighted by atomic mass is 79.9. The number of hydrogen-bond donors (Lipinski definition) is 0. The molecule has 0 aliphatic carbocycles. The second-order valence-corrected chi connectivity index (χ2v) is 1.28. The van der Waals surface area contributed by atoms with Crippen molar-refractivity contribution in [1.29, 1.82) is 0 Å². The number of carbonyl (C=O) groups excluding carboxylic acids is 2. The van der Waals surface area contributed by atoms with Crippen molar-refractivity contribution in [3.05, 3.63) is 0 Å². The number of ether oxygens (including phenoxy) is 1. The zero-order valence-corrected chi connectivity index (χ0v) is 7.05. The van der Waals surface area contributed by atoms with Crippen molar-refractivity contribution >= 4 is 28.7 Å². The third-order valence-electron chi connectivity index (χ3n) is 0.563. The highest BCUT2D eigenvalue weighted by Crippen LogP contribution is 1.77. The first-order chi connectivity index (χ1) is 3.68. The molecule has 3 nitrogen and oxygen atoms in total. The van der Waals surface area contributed by atoms with Crippen molar-refractivity contribution in [1.82, 2.24) is 0 Å². The summed E-state index contributed by atoms with van der Waals surface area (Å²) in [6, 6.07) is 0. The lowest BCUT2D eigenvalue weighted by atomic mass is 10.5. The fourth-order valence-electron chi connectivity index (χ4n) is 0.233. The summed E-state index contributed by atoms with van der Waals surface area (Å²) in [7, 11) is 0. The summed E-state index contributed by atoms with van der Waals surface area (Å²) in [6.45, 7) is 3.09. The van der Waals surface area contributed by atoms with E-state index in [1.807, 2.05) is 0 Å². The van der Waals surface area contributed by atoms with Crippen molar-refractivity contribution in [2.75, 3.05) is 6.61 Å². The molecule has 0 aliphatic rings. The smallest absolute Gasteiger partial charge is 0.374 e. The van der Waals surface area contributed by atoms with E-state index < -0.39 is 11.8 Å². The van der Waals surface area contributed by atoms with Gasteiger partial charge in [-0.05, 0) is 6.92 Å². The third-order valence-corrected chi connectivity index (χ3v) is 0.563. The number of hydrogen-bond acceptors (Lipinski definition) is 3. The Morgan fingerprint density at radius 2 is 1.89 bits per heavy atom. The molecule has 0 fully saturated rings. The molecule has 9 heavy (non-hydrogen) atoms. The molecule has 0 spiro atoms. The van der Waals surface area contributed by atoms with Gasteiger partial charge in [-0.25, -0.2) is 4.79 Å². The Morgan fingerprint density at radius 1 is 1.44 bits per heavy atom. The lowest BCUT2D eigenvalue weighted by Crippen LogP contribution is -2.12. The van der Waals surface area contributed by atoms with E-state index in [2.05, 4.69) is 4.74 Å². The second-order valence-electron chi connectivity index (χ2n) is 1.28. The minimum atomic E-state index is -0.757. The number of halogens is 1. The minimum Gasteiger partial charge on any atom is -0.460 e. The average molecular weight is 197 g/mol. The van der Waals surface area contributed by atoms with Gasteiger partial charge in [0.1, 0.15) is 0 Å². The number of Topliss-reactive ketones (excluding diaryl/α,β-unsaturated/α-hetero) is 1. The average Bonchev–Trinajstić information content (AvgIpc) is 1.67. The third kappa shape index (κ3) is 5.49. The predicted octanol–water partition coefficient (Wildman–Crippen LogP) is 0.716. The van der Waals surface area contributed by atoms with E-state index in [0.717, 1.165) is 0 Å². The second kappa shape index (κ2) is 5.75. The molecule has 0 aromatic rings. The lowest BCUT2D eigenvalue weighted by Gasteiger charge is -1.93. The van der Waals surface area contributed by atoms with Gasteiger partial charge in [-0.15, -0.1) is 17.0 Å². The molecule has 0 saturated carbocycles. The largest absolute Gasteiger partial charge is 0.460 e. The maximum absolute atomic E-state index is 10.2. The Kier molecular flexibility index (Phi) is 7.30. The van der Waals surface area contributed by atoms with Crippen LogP contribution in [0.3, 0.4) is 0 Å². The zero-order chi connectivity index (χ0) is 6.57. The summed E-state index contributed by atoms with van der Waals surface area (Å²) in [5.41, 5.74) is 0. The van der Waals surface area contributed by atoms with Crippen molar-refractivity contribution in [3.8, 4) is 0 Å². The van der Waals surface area contributed by atoms with E-state index in [1.54, 1.807) is 6.92 Å². The summed E-state index contributed by atoms with van der Waals surface area (Å²) in [5, 5.41) is 0. The Labute approximate surface area is 64.1 Å². The SMILES string of the molecule is Br.CCOC(=O)C(C)=O. The molecular formula is C5H9BrO3. The Bertz CT molecular complexity index is 111. The van der Waals surface area contributed by atoms with Gasteiger partial charge in [-0.1, -0.05) is 0 Å². The molecule has 0 N–H and O–H groups in total. The van der Waals surface area contributed by atoms with E-state index in [4.69, 9.17) is 0 Å². The van der Waals surface area contributed by atoms with E-state index in [-0.39, 0.29) is 23.6 Å². The fraction of sp³-hybridized carbons (Fsp3) is 0.600.